The molecule has 2 unspecified atom stereocenters. The number of pyridine rings is 1. The number of carboxylic acid groups (broad SMARTS) is 1. The van der Waals surface area contributed by atoms with E-state index in [4.69, 9.17) is 0 Å². The zero-order chi connectivity index (χ0) is 19.7. The fraction of sp³-hybridized carbons (Fsp3) is 0.136. The molecular formula is C22H17BrN2O3. The molecule has 1 amide bonds. The molecule has 0 saturated heterocycles. The summed E-state index contributed by atoms with van der Waals surface area (Å²) in [5.41, 5.74) is 2.46. The number of fused-ring (bicyclic) bond motifs is 1. The third kappa shape index (κ3) is 3.31. The molecule has 1 aliphatic rings. The number of nitrogens with zero attached hydrogens (tertiary/aromatic N) is 2. The second-order valence-electron chi connectivity index (χ2n) is 6.65. The Kier molecular flexibility index (Phi) is 4.96. The number of carbonyl (C=O) groups is 2. The van der Waals surface area contributed by atoms with Crippen LogP contribution >= 0.6 is 15.9 Å². The van der Waals surface area contributed by atoms with Crippen molar-refractivity contribution in [3.8, 4) is 0 Å². The van der Waals surface area contributed by atoms with Gasteiger partial charge in [-0.1, -0.05) is 52.3 Å². The molecule has 1 aromatic heterocycles. The minimum atomic E-state index is -0.959. The SMILES string of the molecule is O=C(O)C1c2ccccc2C(=O)N(Cc2ccccn2)C1c1ccc(Br)cc1. The van der Waals surface area contributed by atoms with Gasteiger partial charge in [-0.15, -0.1) is 0 Å². The highest BCUT2D eigenvalue weighted by Gasteiger charge is 2.44. The van der Waals surface area contributed by atoms with Gasteiger partial charge in [-0.25, -0.2) is 0 Å². The molecule has 2 atom stereocenters. The van der Waals surface area contributed by atoms with Gasteiger partial charge in [-0.3, -0.25) is 14.6 Å². The van der Waals surface area contributed by atoms with Crippen molar-refractivity contribution in [2.45, 2.75) is 18.5 Å². The summed E-state index contributed by atoms with van der Waals surface area (Å²) in [6.45, 7) is 0.235. The molecule has 2 aromatic carbocycles. The summed E-state index contributed by atoms with van der Waals surface area (Å²) in [4.78, 5) is 31.6. The molecule has 0 spiro atoms. The number of amides is 1. The second kappa shape index (κ2) is 7.56. The Morgan fingerprint density at radius 2 is 1.75 bits per heavy atom. The van der Waals surface area contributed by atoms with Crippen LogP contribution in [0.4, 0.5) is 0 Å². The zero-order valence-corrected chi connectivity index (χ0v) is 16.4. The predicted molar refractivity (Wildman–Crippen MR) is 108 cm³/mol. The van der Waals surface area contributed by atoms with E-state index in [2.05, 4.69) is 20.9 Å². The number of hydrogen-bond acceptors (Lipinski definition) is 3. The van der Waals surface area contributed by atoms with Crippen molar-refractivity contribution in [1.82, 2.24) is 9.88 Å². The Morgan fingerprint density at radius 3 is 2.43 bits per heavy atom. The van der Waals surface area contributed by atoms with E-state index in [0.717, 1.165) is 10.0 Å². The number of halogens is 1. The van der Waals surface area contributed by atoms with E-state index in [-0.39, 0.29) is 12.5 Å². The molecule has 2 heterocycles. The first-order valence-corrected chi connectivity index (χ1v) is 9.63. The van der Waals surface area contributed by atoms with Gasteiger partial charge in [-0.05, 0) is 41.5 Å². The summed E-state index contributed by atoms with van der Waals surface area (Å²) in [5.74, 6) is -2.01. The zero-order valence-electron chi connectivity index (χ0n) is 14.8. The predicted octanol–water partition coefficient (Wildman–Crippen LogP) is 4.41. The summed E-state index contributed by atoms with van der Waals surface area (Å²) in [6.07, 6.45) is 1.67. The van der Waals surface area contributed by atoms with Gasteiger partial charge >= 0.3 is 5.97 Å². The van der Waals surface area contributed by atoms with Crippen LogP contribution in [0.15, 0.2) is 77.4 Å². The lowest BCUT2D eigenvalue weighted by atomic mass is 9.79. The van der Waals surface area contributed by atoms with Gasteiger partial charge in [0.25, 0.3) is 5.91 Å². The first-order valence-electron chi connectivity index (χ1n) is 8.84. The van der Waals surface area contributed by atoms with Crippen molar-refractivity contribution in [2.24, 2.45) is 0 Å². The summed E-state index contributed by atoms with van der Waals surface area (Å²) in [5, 5.41) is 10.1. The van der Waals surface area contributed by atoms with Gasteiger partial charge < -0.3 is 10.0 Å². The van der Waals surface area contributed by atoms with E-state index in [0.29, 0.717) is 16.8 Å². The minimum absolute atomic E-state index is 0.188. The normalized spacial score (nSPS) is 18.6. The van der Waals surface area contributed by atoms with E-state index in [1.165, 1.54) is 0 Å². The first kappa shape index (κ1) is 18.4. The monoisotopic (exact) mass is 436 g/mol. The van der Waals surface area contributed by atoms with Gasteiger partial charge in [0.1, 0.15) is 5.92 Å². The Hall–Kier alpha value is -2.99. The summed E-state index contributed by atoms with van der Waals surface area (Å²) in [7, 11) is 0. The highest BCUT2D eigenvalue weighted by Crippen LogP contribution is 2.43. The Balaban J connectivity index is 1.88. The molecule has 0 radical (unpaired) electrons. The molecule has 4 rings (SSSR count). The topological polar surface area (TPSA) is 70.5 Å². The summed E-state index contributed by atoms with van der Waals surface area (Å²) in [6, 6.07) is 19.3. The Labute approximate surface area is 170 Å². The van der Waals surface area contributed by atoms with Crippen LogP contribution in [0.1, 0.15) is 39.1 Å². The van der Waals surface area contributed by atoms with E-state index >= 15 is 0 Å². The van der Waals surface area contributed by atoms with Gasteiger partial charge in [0, 0.05) is 16.2 Å². The quantitative estimate of drug-likeness (QED) is 0.657. The average Bonchev–Trinajstić information content (AvgIpc) is 2.71. The maximum Gasteiger partial charge on any atom is 0.313 e. The summed E-state index contributed by atoms with van der Waals surface area (Å²) < 4.78 is 0.891. The first-order chi connectivity index (χ1) is 13.6. The van der Waals surface area contributed by atoms with Crippen molar-refractivity contribution in [2.75, 3.05) is 0 Å². The molecular weight excluding hydrogens is 420 g/mol. The molecule has 28 heavy (non-hydrogen) atoms. The van der Waals surface area contributed by atoms with E-state index in [1.54, 1.807) is 35.4 Å². The second-order valence-corrected chi connectivity index (χ2v) is 7.57. The van der Waals surface area contributed by atoms with Crippen LogP contribution in [0.2, 0.25) is 0 Å². The lowest BCUT2D eigenvalue weighted by Crippen LogP contribution is -2.44. The minimum Gasteiger partial charge on any atom is -0.481 e. The molecule has 0 bridgehead atoms. The molecule has 0 aliphatic carbocycles. The molecule has 1 N–H and O–H groups in total. The lowest BCUT2D eigenvalue weighted by Gasteiger charge is -2.40. The highest BCUT2D eigenvalue weighted by molar-refractivity contribution is 9.10. The number of hydrogen-bond donors (Lipinski definition) is 1. The number of aromatic nitrogens is 1. The third-order valence-corrected chi connectivity index (χ3v) is 5.50. The highest BCUT2D eigenvalue weighted by atomic mass is 79.9. The van der Waals surface area contributed by atoms with Crippen molar-refractivity contribution in [1.29, 1.82) is 0 Å². The largest absolute Gasteiger partial charge is 0.481 e. The van der Waals surface area contributed by atoms with Gasteiger partial charge in [-0.2, -0.15) is 0 Å². The molecule has 0 saturated carbocycles. The standard InChI is InChI=1S/C22H17BrN2O3/c23-15-10-8-14(9-11-15)20-19(22(27)28)17-6-1-2-7-18(17)21(26)25(20)13-16-5-3-4-12-24-16/h1-12,19-20H,13H2,(H,27,28). The third-order valence-electron chi connectivity index (χ3n) is 4.97. The van der Waals surface area contributed by atoms with Crippen LogP contribution in [0, 0.1) is 0 Å². The number of carbonyl (C=O) groups excluding carboxylic acids is 1. The van der Waals surface area contributed by atoms with Crippen molar-refractivity contribution in [3.05, 3.63) is 99.8 Å². The maximum absolute atomic E-state index is 13.3. The Bertz CT molecular complexity index is 1020. The number of aliphatic carboxylic acids is 1. The molecule has 140 valence electrons. The molecule has 5 nitrogen and oxygen atoms in total. The van der Waals surface area contributed by atoms with Crippen LogP contribution in [-0.4, -0.2) is 26.9 Å². The number of benzene rings is 2. The van der Waals surface area contributed by atoms with Gasteiger partial charge in [0.15, 0.2) is 0 Å². The van der Waals surface area contributed by atoms with Crippen LogP contribution in [0.5, 0.6) is 0 Å². The van der Waals surface area contributed by atoms with Crippen molar-refractivity contribution < 1.29 is 14.7 Å². The van der Waals surface area contributed by atoms with Crippen LogP contribution in [-0.2, 0) is 11.3 Å². The van der Waals surface area contributed by atoms with Crippen molar-refractivity contribution in [3.63, 3.8) is 0 Å². The average molecular weight is 437 g/mol. The van der Waals surface area contributed by atoms with Crippen molar-refractivity contribution >= 4 is 27.8 Å². The van der Waals surface area contributed by atoms with Crippen LogP contribution in [0.25, 0.3) is 0 Å². The van der Waals surface area contributed by atoms with Crippen LogP contribution < -0.4 is 0 Å². The number of rotatable bonds is 4. The van der Waals surface area contributed by atoms with E-state index in [9.17, 15) is 14.7 Å². The van der Waals surface area contributed by atoms with E-state index < -0.39 is 17.9 Å². The molecule has 0 fully saturated rings. The fourth-order valence-corrected chi connectivity index (χ4v) is 4.00. The lowest BCUT2D eigenvalue weighted by molar-refractivity contribution is -0.140. The smallest absolute Gasteiger partial charge is 0.313 e. The van der Waals surface area contributed by atoms with Gasteiger partial charge in [0.2, 0.25) is 0 Å². The maximum atomic E-state index is 13.3. The summed E-state index contributed by atoms with van der Waals surface area (Å²) >= 11 is 3.41. The van der Waals surface area contributed by atoms with Crippen LogP contribution in [0.3, 0.4) is 0 Å². The fourth-order valence-electron chi connectivity index (χ4n) is 3.73. The van der Waals surface area contributed by atoms with E-state index in [1.807, 2.05) is 42.5 Å². The molecule has 3 aromatic rings. The molecule has 1 aliphatic heterocycles. The number of carboxylic acids is 1. The Morgan fingerprint density at radius 1 is 1.04 bits per heavy atom. The van der Waals surface area contributed by atoms with Gasteiger partial charge in [0.05, 0.1) is 18.3 Å². The molecule has 6 heteroatoms.